The molecule has 0 spiro atoms. The second-order valence-electron chi connectivity index (χ2n) is 7.27. The lowest BCUT2D eigenvalue weighted by atomic mass is 10.0. The highest BCUT2D eigenvalue weighted by Crippen LogP contribution is 2.23. The van der Waals surface area contributed by atoms with E-state index in [-0.39, 0.29) is 22.6 Å². The number of carbonyl (C=O) groups excluding carboxylic acids is 1. The van der Waals surface area contributed by atoms with Gasteiger partial charge < -0.3 is 4.90 Å². The molecule has 1 atom stereocenters. The molecule has 0 aliphatic rings. The fraction of sp³-hybridized carbons (Fsp3) is 0.200. The predicted molar refractivity (Wildman–Crippen MR) is 120 cm³/mol. The molecule has 3 aromatic carbocycles. The minimum atomic E-state index is -3.44. The normalized spacial score (nSPS) is 12.0. The molecule has 0 saturated carbocycles. The lowest BCUT2D eigenvalue weighted by Gasteiger charge is -2.28. The molecule has 0 aromatic heterocycles. The summed E-state index contributed by atoms with van der Waals surface area (Å²) in [7, 11) is -3.44. The Balaban J connectivity index is 1.75. The maximum atomic E-state index is 13.1. The largest absolute Gasteiger partial charge is 0.332 e. The molecule has 158 valence electrons. The standard InChI is InChI=1S/C25H24N2O3S/c1-3-27(19(2)22-13-9-20(17-26)10-14-22)25(28)23-15-11-21(12-16-23)18-31(29,30)24-7-5-4-6-8-24/h4-16,19H,3,18H2,1-2H3. The van der Waals surface area contributed by atoms with Gasteiger partial charge in [-0.3, -0.25) is 4.79 Å². The van der Waals surface area contributed by atoms with Crippen molar-refractivity contribution in [2.24, 2.45) is 0 Å². The molecule has 31 heavy (non-hydrogen) atoms. The van der Waals surface area contributed by atoms with E-state index in [0.29, 0.717) is 23.2 Å². The van der Waals surface area contributed by atoms with Gasteiger partial charge in [0.2, 0.25) is 0 Å². The zero-order valence-electron chi connectivity index (χ0n) is 17.5. The minimum Gasteiger partial charge on any atom is -0.332 e. The average molecular weight is 433 g/mol. The number of nitriles is 1. The van der Waals surface area contributed by atoms with Gasteiger partial charge in [-0.1, -0.05) is 42.5 Å². The highest BCUT2D eigenvalue weighted by Gasteiger charge is 2.22. The van der Waals surface area contributed by atoms with Gasteiger partial charge in [0.25, 0.3) is 5.91 Å². The Morgan fingerprint density at radius 1 is 0.968 bits per heavy atom. The summed E-state index contributed by atoms with van der Waals surface area (Å²) in [5, 5.41) is 8.96. The van der Waals surface area contributed by atoms with Gasteiger partial charge in [-0.25, -0.2) is 8.42 Å². The van der Waals surface area contributed by atoms with Crippen LogP contribution in [0.4, 0.5) is 0 Å². The molecular weight excluding hydrogens is 408 g/mol. The van der Waals surface area contributed by atoms with Crippen LogP contribution in [0.2, 0.25) is 0 Å². The summed E-state index contributed by atoms with van der Waals surface area (Å²) < 4.78 is 25.1. The molecule has 0 radical (unpaired) electrons. The third-order valence-corrected chi connectivity index (χ3v) is 6.95. The summed E-state index contributed by atoms with van der Waals surface area (Å²) in [6.07, 6.45) is 0. The third kappa shape index (κ3) is 5.19. The van der Waals surface area contributed by atoms with E-state index in [0.717, 1.165) is 5.56 Å². The molecule has 3 aromatic rings. The van der Waals surface area contributed by atoms with Crippen LogP contribution in [0.15, 0.2) is 83.8 Å². The van der Waals surface area contributed by atoms with E-state index in [9.17, 15) is 13.2 Å². The molecule has 0 fully saturated rings. The molecule has 0 saturated heterocycles. The van der Waals surface area contributed by atoms with Gasteiger partial charge >= 0.3 is 0 Å². The van der Waals surface area contributed by atoms with Crippen LogP contribution in [-0.2, 0) is 15.6 Å². The first kappa shape index (κ1) is 22.3. The Morgan fingerprint density at radius 3 is 2.13 bits per heavy atom. The molecular formula is C25H24N2O3S. The summed E-state index contributed by atoms with van der Waals surface area (Å²) in [4.78, 5) is 15.1. The Kier molecular flexibility index (Phi) is 6.88. The summed E-state index contributed by atoms with van der Waals surface area (Å²) in [6.45, 7) is 4.38. The number of sulfone groups is 1. The maximum absolute atomic E-state index is 13.1. The van der Waals surface area contributed by atoms with Crippen molar-refractivity contribution in [3.8, 4) is 6.07 Å². The van der Waals surface area contributed by atoms with Gasteiger partial charge in [0.15, 0.2) is 9.84 Å². The van der Waals surface area contributed by atoms with Crippen LogP contribution in [0.3, 0.4) is 0 Å². The van der Waals surface area contributed by atoms with E-state index in [4.69, 9.17) is 5.26 Å². The SMILES string of the molecule is CCN(C(=O)c1ccc(CS(=O)(=O)c2ccccc2)cc1)C(C)c1ccc(C#N)cc1. The predicted octanol–water partition coefficient (Wildman–Crippen LogP) is 4.76. The first-order valence-corrected chi connectivity index (χ1v) is 11.7. The summed E-state index contributed by atoms with van der Waals surface area (Å²) in [6, 6.07) is 24.2. The van der Waals surface area contributed by atoms with Crippen molar-refractivity contribution < 1.29 is 13.2 Å². The van der Waals surface area contributed by atoms with E-state index in [1.165, 1.54) is 0 Å². The number of benzene rings is 3. The van der Waals surface area contributed by atoms with Gasteiger partial charge in [0.05, 0.1) is 28.3 Å². The second kappa shape index (κ2) is 9.59. The van der Waals surface area contributed by atoms with Crippen LogP contribution in [0.5, 0.6) is 0 Å². The maximum Gasteiger partial charge on any atom is 0.254 e. The zero-order chi connectivity index (χ0) is 22.4. The molecule has 5 nitrogen and oxygen atoms in total. The van der Waals surface area contributed by atoms with Crippen molar-refractivity contribution in [2.45, 2.75) is 30.5 Å². The second-order valence-corrected chi connectivity index (χ2v) is 9.26. The molecule has 1 unspecified atom stereocenters. The lowest BCUT2D eigenvalue weighted by Crippen LogP contribution is -2.33. The van der Waals surface area contributed by atoms with Crippen molar-refractivity contribution in [3.05, 3.63) is 101 Å². The monoisotopic (exact) mass is 432 g/mol. The Bertz CT molecular complexity index is 1180. The topological polar surface area (TPSA) is 78.2 Å². The molecule has 0 aliphatic heterocycles. The number of nitrogens with zero attached hydrogens (tertiary/aromatic N) is 2. The van der Waals surface area contributed by atoms with E-state index < -0.39 is 9.84 Å². The van der Waals surface area contributed by atoms with Crippen molar-refractivity contribution in [3.63, 3.8) is 0 Å². The molecule has 6 heteroatoms. The lowest BCUT2D eigenvalue weighted by molar-refractivity contribution is 0.0702. The van der Waals surface area contributed by atoms with E-state index in [1.807, 2.05) is 26.0 Å². The van der Waals surface area contributed by atoms with Crippen LogP contribution in [-0.4, -0.2) is 25.8 Å². The van der Waals surface area contributed by atoms with Crippen LogP contribution >= 0.6 is 0 Å². The van der Waals surface area contributed by atoms with Crippen LogP contribution in [0, 0.1) is 11.3 Å². The van der Waals surface area contributed by atoms with Gasteiger partial charge in [-0.2, -0.15) is 5.26 Å². The van der Waals surface area contributed by atoms with E-state index in [1.54, 1.807) is 71.6 Å². The molecule has 3 rings (SSSR count). The summed E-state index contributed by atoms with van der Waals surface area (Å²) in [5.41, 5.74) is 2.65. The first-order valence-electron chi connectivity index (χ1n) is 10.0. The highest BCUT2D eigenvalue weighted by molar-refractivity contribution is 7.90. The van der Waals surface area contributed by atoms with Gasteiger partial charge in [-0.05, 0) is 61.4 Å². The molecule has 1 amide bonds. The Hall–Kier alpha value is -3.43. The number of rotatable bonds is 7. The zero-order valence-corrected chi connectivity index (χ0v) is 18.3. The van der Waals surface area contributed by atoms with Gasteiger partial charge in [0.1, 0.15) is 0 Å². The summed E-state index contributed by atoms with van der Waals surface area (Å²) >= 11 is 0. The molecule has 0 heterocycles. The quantitative estimate of drug-likeness (QED) is 0.539. The summed E-state index contributed by atoms with van der Waals surface area (Å²) in [5.74, 6) is -0.248. The highest BCUT2D eigenvalue weighted by atomic mass is 32.2. The number of hydrogen-bond acceptors (Lipinski definition) is 4. The van der Waals surface area contributed by atoms with E-state index in [2.05, 4.69) is 6.07 Å². The number of hydrogen-bond donors (Lipinski definition) is 0. The van der Waals surface area contributed by atoms with Crippen molar-refractivity contribution >= 4 is 15.7 Å². The van der Waals surface area contributed by atoms with Gasteiger partial charge in [-0.15, -0.1) is 0 Å². The van der Waals surface area contributed by atoms with Crippen LogP contribution in [0.1, 0.15) is 46.9 Å². The average Bonchev–Trinajstić information content (AvgIpc) is 2.80. The number of amides is 1. The van der Waals surface area contributed by atoms with Crippen LogP contribution in [0.25, 0.3) is 0 Å². The molecule has 0 aliphatic carbocycles. The van der Waals surface area contributed by atoms with Crippen molar-refractivity contribution in [1.82, 2.24) is 4.90 Å². The molecule has 0 N–H and O–H groups in total. The fourth-order valence-corrected chi connectivity index (χ4v) is 4.82. The first-order chi connectivity index (χ1) is 14.9. The van der Waals surface area contributed by atoms with Crippen LogP contribution < -0.4 is 0 Å². The van der Waals surface area contributed by atoms with Crippen molar-refractivity contribution in [2.75, 3.05) is 6.54 Å². The van der Waals surface area contributed by atoms with Gasteiger partial charge in [0, 0.05) is 12.1 Å². The van der Waals surface area contributed by atoms with E-state index >= 15 is 0 Å². The Morgan fingerprint density at radius 2 is 1.58 bits per heavy atom. The Labute approximate surface area is 183 Å². The fourth-order valence-electron chi connectivity index (χ4n) is 3.45. The minimum absolute atomic E-state index is 0.120. The number of carbonyl (C=O) groups is 1. The third-order valence-electron chi connectivity index (χ3n) is 5.25. The van der Waals surface area contributed by atoms with Crippen molar-refractivity contribution in [1.29, 1.82) is 5.26 Å². The molecule has 0 bridgehead atoms. The smallest absolute Gasteiger partial charge is 0.254 e.